The average molecular weight is 466 g/mol. The maximum Gasteiger partial charge on any atom is 0.326 e. The summed E-state index contributed by atoms with van der Waals surface area (Å²) < 4.78 is 0. The van der Waals surface area contributed by atoms with E-state index in [0.717, 1.165) is 11.3 Å². The molecule has 1 aliphatic heterocycles. The third kappa shape index (κ3) is 4.77. The number of hydrogen-bond acceptors (Lipinski definition) is 10. The van der Waals surface area contributed by atoms with Crippen LogP contribution in [-0.4, -0.2) is 60.6 Å². The van der Waals surface area contributed by atoms with Gasteiger partial charge in [0.2, 0.25) is 5.95 Å². The van der Waals surface area contributed by atoms with Crippen molar-refractivity contribution in [3.8, 4) is 0 Å². The summed E-state index contributed by atoms with van der Waals surface area (Å²) in [6.07, 6.45) is 1.71. The van der Waals surface area contributed by atoms with Gasteiger partial charge in [-0.2, -0.15) is 9.97 Å². The standard InChI is InChI=1S/C21H22N8O5/c22-17-16-18(28-21(23)27-17)24-8-12(25-16)9-29-6-5-10-7-11(1-3-14(10)29)19(32)26-13(20(33)34)2-4-15(30)31/h1,3,7-8,13H,2,4-6,9H2,(H,26,32)(H,30,31)(H,33,34)(H4,22,23,24,27,28)/t13-/m0/s1. The van der Waals surface area contributed by atoms with Crippen molar-refractivity contribution >= 4 is 46.5 Å². The summed E-state index contributed by atoms with van der Waals surface area (Å²) in [6, 6.07) is 3.81. The molecule has 176 valence electrons. The number of fused-ring (bicyclic) bond motifs is 2. The highest BCUT2D eigenvalue weighted by atomic mass is 16.4. The molecule has 0 fully saturated rings. The Hall–Kier alpha value is -4.55. The molecule has 0 bridgehead atoms. The number of benzene rings is 1. The van der Waals surface area contributed by atoms with E-state index >= 15 is 0 Å². The molecule has 1 aromatic carbocycles. The van der Waals surface area contributed by atoms with Gasteiger partial charge in [0.1, 0.15) is 6.04 Å². The van der Waals surface area contributed by atoms with E-state index in [-0.39, 0.29) is 24.6 Å². The van der Waals surface area contributed by atoms with Crippen LogP contribution >= 0.6 is 0 Å². The molecule has 4 rings (SSSR count). The number of amides is 1. The van der Waals surface area contributed by atoms with Crippen molar-refractivity contribution in [2.24, 2.45) is 0 Å². The molecule has 0 spiro atoms. The molecule has 0 aliphatic carbocycles. The second-order valence-corrected chi connectivity index (χ2v) is 7.81. The molecule has 3 heterocycles. The molecular weight excluding hydrogens is 444 g/mol. The van der Waals surface area contributed by atoms with E-state index in [2.05, 4.69) is 30.2 Å². The third-order valence-corrected chi connectivity index (χ3v) is 5.44. The number of hydrogen-bond donors (Lipinski definition) is 5. The summed E-state index contributed by atoms with van der Waals surface area (Å²) >= 11 is 0. The van der Waals surface area contributed by atoms with Gasteiger partial charge in [0.15, 0.2) is 17.0 Å². The van der Waals surface area contributed by atoms with Crippen LogP contribution < -0.4 is 21.7 Å². The van der Waals surface area contributed by atoms with Crippen molar-refractivity contribution in [2.75, 3.05) is 22.9 Å². The van der Waals surface area contributed by atoms with Crippen LogP contribution in [0.15, 0.2) is 24.4 Å². The van der Waals surface area contributed by atoms with Crippen LogP contribution in [0.4, 0.5) is 17.5 Å². The first-order chi connectivity index (χ1) is 16.2. The lowest BCUT2D eigenvalue weighted by atomic mass is 10.1. The largest absolute Gasteiger partial charge is 0.481 e. The van der Waals surface area contributed by atoms with Gasteiger partial charge >= 0.3 is 11.9 Å². The number of aliphatic carboxylic acids is 2. The average Bonchev–Trinajstić information content (AvgIpc) is 3.18. The number of nitrogens with zero attached hydrogens (tertiary/aromatic N) is 5. The Kier molecular flexibility index (Phi) is 6.08. The fourth-order valence-corrected chi connectivity index (χ4v) is 3.80. The first-order valence-corrected chi connectivity index (χ1v) is 10.4. The Morgan fingerprint density at radius 3 is 2.68 bits per heavy atom. The van der Waals surface area contributed by atoms with Gasteiger partial charge in [-0.15, -0.1) is 0 Å². The minimum Gasteiger partial charge on any atom is -0.481 e. The van der Waals surface area contributed by atoms with E-state index in [9.17, 15) is 19.5 Å². The number of carboxylic acids is 2. The van der Waals surface area contributed by atoms with Gasteiger partial charge in [0, 0.05) is 24.2 Å². The predicted octanol–water partition coefficient (Wildman–Crippen LogP) is 0.195. The minimum absolute atomic E-state index is 0.0249. The minimum atomic E-state index is -1.29. The highest BCUT2D eigenvalue weighted by molar-refractivity contribution is 5.97. The number of carbonyl (C=O) groups excluding carboxylic acids is 1. The molecule has 7 N–H and O–H groups in total. The zero-order valence-corrected chi connectivity index (χ0v) is 17.9. The van der Waals surface area contributed by atoms with Gasteiger partial charge in [-0.1, -0.05) is 0 Å². The van der Waals surface area contributed by atoms with E-state index in [4.69, 9.17) is 16.6 Å². The van der Waals surface area contributed by atoms with Crippen molar-refractivity contribution < 1.29 is 24.6 Å². The molecule has 34 heavy (non-hydrogen) atoms. The topological polar surface area (TPSA) is 211 Å². The van der Waals surface area contributed by atoms with Crippen molar-refractivity contribution in [3.05, 3.63) is 41.2 Å². The summed E-state index contributed by atoms with van der Waals surface area (Å²) in [5.74, 6) is -2.82. The van der Waals surface area contributed by atoms with E-state index in [1.165, 1.54) is 0 Å². The normalized spacial score (nSPS) is 13.5. The first kappa shape index (κ1) is 22.6. The van der Waals surface area contributed by atoms with E-state index in [0.29, 0.717) is 41.9 Å². The molecular formula is C21H22N8O5. The molecule has 3 aromatic rings. The number of nitrogen functional groups attached to an aromatic ring is 2. The van der Waals surface area contributed by atoms with Gasteiger partial charge in [-0.05, 0) is 36.6 Å². The molecule has 13 nitrogen and oxygen atoms in total. The Morgan fingerprint density at radius 1 is 1.15 bits per heavy atom. The van der Waals surface area contributed by atoms with Crippen LogP contribution in [0.3, 0.4) is 0 Å². The smallest absolute Gasteiger partial charge is 0.326 e. The molecule has 0 saturated heterocycles. The fraction of sp³-hybridized carbons (Fsp3) is 0.286. The quantitative estimate of drug-likeness (QED) is 0.301. The molecule has 13 heteroatoms. The first-order valence-electron chi connectivity index (χ1n) is 10.4. The molecule has 0 saturated carbocycles. The molecule has 0 unspecified atom stereocenters. The molecule has 1 aliphatic rings. The second-order valence-electron chi connectivity index (χ2n) is 7.81. The van der Waals surface area contributed by atoms with Crippen molar-refractivity contribution in [2.45, 2.75) is 31.8 Å². The molecule has 2 aromatic heterocycles. The summed E-state index contributed by atoms with van der Waals surface area (Å²) in [4.78, 5) is 53.4. The number of nitrogens with one attached hydrogen (secondary N) is 1. The van der Waals surface area contributed by atoms with Crippen molar-refractivity contribution in [1.82, 2.24) is 25.3 Å². The van der Waals surface area contributed by atoms with Gasteiger partial charge in [-0.3, -0.25) is 9.59 Å². The van der Waals surface area contributed by atoms with Gasteiger partial charge in [0.05, 0.1) is 18.4 Å². The van der Waals surface area contributed by atoms with E-state index in [1.54, 1.807) is 24.4 Å². The van der Waals surface area contributed by atoms with Crippen molar-refractivity contribution in [3.63, 3.8) is 0 Å². The number of rotatable bonds is 8. The number of anilines is 3. The Bertz CT molecular complexity index is 1300. The van der Waals surface area contributed by atoms with E-state index < -0.39 is 23.9 Å². The second kappa shape index (κ2) is 9.13. The summed E-state index contributed by atoms with van der Waals surface area (Å²) in [7, 11) is 0. The van der Waals surface area contributed by atoms with E-state index in [1.807, 2.05) is 0 Å². The number of nitrogens with two attached hydrogens (primary N) is 2. The Morgan fingerprint density at radius 2 is 1.94 bits per heavy atom. The Balaban J connectivity index is 1.48. The third-order valence-electron chi connectivity index (χ3n) is 5.44. The van der Waals surface area contributed by atoms with Gasteiger partial charge in [-0.25, -0.2) is 14.8 Å². The van der Waals surface area contributed by atoms with Crippen molar-refractivity contribution in [1.29, 1.82) is 0 Å². The lowest BCUT2D eigenvalue weighted by Crippen LogP contribution is -2.41. The van der Waals surface area contributed by atoms with Crippen LogP contribution in [0.25, 0.3) is 11.2 Å². The molecule has 1 atom stereocenters. The molecule has 1 amide bonds. The molecule has 0 radical (unpaired) electrons. The highest BCUT2D eigenvalue weighted by Crippen LogP contribution is 2.30. The maximum absolute atomic E-state index is 12.6. The predicted molar refractivity (Wildman–Crippen MR) is 121 cm³/mol. The van der Waals surface area contributed by atoms with Crippen LogP contribution in [0, 0.1) is 0 Å². The SMILES string of the molecule is Nc1nc(N)c2nc(CN3CCc4cc(C(=O)N[C@@H](CCC(=O)O)C(=O)O)ccc43)cnc2n1. The lowest BCUT2D eigenvalue weighted by Gasteiger charge is -2.19. The van der Waals surface area contributed by atoms with Crippen LogP contribution in [0.2, 0.25) is 0 Å². The zero-order valence-electron chi connectivity index (χ0n) is 17.9. The number of aromatic nitrogens is 4. The summed E-state index contributed by atoms with van der Waals surface area (Å²) in [5.41, 5.74) is 15.0. The van der Waals surface area contributed by atoms with Crippen LogP contribution in [0.1, 0.15) is 34.5 Å². The zero-order chi connectivity index (χ0) is 24.4. The monoisotopic (exact) mass is 466 g/mol. The highest BCUT2D eigenvalue weighted by Gasteiger charge is 2.24. The summed E-state index contributed by atoms with van der Waals surface area (Å²) in [6.45, 7) is 1.13. The maximum atomic E-state index is 12.6. The number of carbonyl (C=O) groups is 3. The van der Waals surface area contributed by atoms with Crippen LogP contribution in [0.5, 0.6) is 0 Å². The fourth-order valence-electron chi connectivity index (χ4n) is 3.80. The van der Waals surface area contributed by atoms with Gasteiger partial charge in [0.25, 0.3) is 5.91 Å². The lowest BCUT2D eigenvalue weighted by molar-refractivity contribution is -0.140. The van der Waals surface area contributed by atoms with Gasteiger partial charge < -0.3 is 31.9 Å². The summed E-state index contributed by atoms with van der Waals surface area (Å²) in [5, 5.41) is 20.4. The Labute approximate surface area is 192 Å². The number of carboxylic acid groups (broad SMARTS) is 2. The van der Waals surface area contributed by atoms with Crippen LogP contribution in [-0.2, 0) is 22.6 Å².